The minimum absolute atomic E-state index is 0. The van der Waals surface area contributed by atoms with E-state index in [-0.39, 0.29) is 11.0 Å². The van der Waals surface area contributed by atoms with E-state index >= 15 is 0 Å². The Hall–Kier alpha value is -0.176. The van der Waals surface area contributed by atoms with Crippen molar-refractivity contribution in [1.29, 1.82) is 0 Å². The van der Waals surface area contributed by atoms with E-state index in [0.29, 0.717) is 0 Å². The molecular formula is C11H17ClO3Si2. The van der Waals surface area contributed by atoms with Gasteiger partial charge >= 0.3 is 8.80 Å². The van der Waals surface area contributed by atoms with E-state index in [1.54, 1.807) is 21.3 Å². The fraction of sp³-hybridized carbons (Fsp3) is 0.455. The van der Waals surface area contributed by atoms with Crippen molar-refractivity contribution < 1.29 is 13.3 Å². The topological polar surface area (TPSA) is 27.7 Å². The lowest BCUT2D eigenvalue weighted by Crippen LogP contribution is -2.43. The molecule has 0 fully saturated rings. The highest BCUT2D eigenvalue weighted by Crippen LogP contribution is 2.18. The van der Waals surface area contributed by atoms with Gasteiger partial charge in [0, 0.05) is 43.4 Å². The SMILES string of the molecule is CO[Si](CCc1cccc(Cl)c1)(OC)OC.[Si]. The molecule has 4 radical (unpaired) electrons. The minimum Gasteiger partial charge on any atom is -0.377 e. The first kappa shape index (κ1) is 16.8. The van der Waals surface area contributed by atoms with Crippen LogP contribution < -0.4 is 0 Å². The molecule has 0 N–H and O–H groups in total. The second-order valence-corrected chi connectivity index (χ2v) is 6.95. The van der Waals surface area contributed by atoms with Gasteiger partial charge < -0.3 is 13.3 Å². The van der Waals surface area contributed by atoms with E-state index in [2.05, 4.69) is 0 Å². The van der Waals surface area contributed by atoms with Crippen LogP contribution in [0.25, 0.3) is 0 Å². The van der Waals surface area contributed by atoms with Crippen molar-refractivity contribution >= 4 is 31.4 Å². The third-order valence-electron chi connectivity index (χ3n) is 2.54. The summed E-state index contributed by atoms with van der Waals surface area (Å²) >= 11 is 5.91. The van der Waals surface area contributed by atoms with Gasteiger partial charge in [-0.3, -0.25) is 0 Å². The molecule has 1 aromatic carbocycles. The lowest BCUT2D eigenvalue weighted by Gasteiger charge is -2.24. The number of benzene rings is 1. The number of hydrogen-bond acceptors (Lipinski definition) is 3. The van der Waals surface area contributed by atoms with Crippen LogP contribution in [0, 0.1) is 0 Å². The van der Waals surface area contributed by atoms with Crippen LogP contribution in [0.15, 0.2) is 24.3 Å². The Labute approximate surface area is 113 Å². The van der Waals surface area contributed by atoms with Crippen LogP contribution in [-0.2, 0) is 19.7 Å². The van der Waals surface area contributed by atoms with E-state index in [1.165, 1.54) is 0 Å². The Balaban J connectivity index is 0.00000256. The summed E-state index contributed by atoms with van der Waals surface area (Å²) in [6.45, 7) is 0. The average molecular weight is 289 g/mol. The van der Waals surface area contributed by atoms with Gasteiger partial charge in [-0.1, -0.05) is 23.7 Å². The maximum atomic E-state index is 5.91. The van der Waals surface area contributed by atoms with Crippen molar-refractivity contribution in [1.82, 2.24) is 0 Å². The summed E-state index contributed by atoms with van der Waals surface area (Å²) in [7, 11) is 2.41. The molecule has 0 saturated heterocycles. The summed E-state index contributed by atoms with van der Waals surface area (Å²) in [4.78, 5) is 0. The van der Waals surface area contributed by atoms with E-state index in [1.807, 2.05) is 24.3 Å². The first-order valence-electron chi connectivity index (χ1n) is 5.05. The number of aryl methyl sites for hydroxylation is 1. The standard InChI is InChI=1S/C11H17ClO3Si.Si/c1-13-16(14-2,15-3)8-7-10-5-4-6-11(12)9-10;/h4-6,9H,7-8H2,1-3H3;. The molecule has 0 atom stereocenters. The van der Waals surface area contributed by atoms with Gasteiger partial charge in [-0.25, -0.2) is 0 Å². The Bertz CT molecular complexity index is 324. The van der Waals surface area contributed by atoms with Crippen LogP contribution in [0.5, 0.6) is 0 Å². The van der Waals surface area contributed by atoms with Crippen molar-refractivity contribution in [3.63, 3.8) is 0 Å². The number of hydrogen-bond donors (Lipinski definition) is 0. The molecule has 0 aliphatic rings. The molecule has 0 saturated carbocycles. The minimum atomic E-state index is -2.46. The average Bonchev–Trinajstić information content (AvgIpc) is 2.32. The lowest BCUT2D eigenvalue weighted by atomic mass is 10.2. The van der Waals surface area contributed by atoms with E-state index in [4.69, 9.17) is 24.9 Å². The maximum Gasteiger partial charge on any atom is 0.500 e. The molecular weight excluding hydrogens is 272 g/mol. The van der Waals surface area contributed by atoms with Gasteiger partial charge in [-0.05, 0) is 24.1 Å². The highest BCUT2D eigenvalue weighted by Gasteiger charge is 2.37. The Morgan fingerprint density at radius 1 is 1.12 bits per heavy atom. The largest absolute Gasteiger partial charge is 0.500 e. The molecule has 0 aromatic heterocycles. The van der Waals surface area contributed by atoms with Crippen LogP contribution in [0.3, 0.4) is 0 Å². The predicted molar refractivity (Wildman–Crippen MR) is 72.5 cm³/mol. The summed E-state index contributed by atoms with van der Waals surface area (Å²) in [6, 6.07) is 8.52. The van der Waals surface area contributed by atoms with Crippen LogP contribution >= 0.6 is 11.6 Å². The molecule has 0 spiro atoms. The molecule has 94 valence electrons. The normalized spacial score (nSPS) is 11.1. The molecule has 0 heterocycles. The molecule has 1 aromatic rings. The second kappa shape index (κ2) is 8.02. The molecule has 17 heavy (non-hydrogen) atoms. The smallest absolute Gasteiger partial charge is 0.377 e. The zero-order chi connectivity index (χ0) is 12.0. The van der Waals surface area contributed by atoms with Gasteiger partial charge in [0.15, 0.2) is 0 Å². The Morgan fingerprint density at radius 3 is 2.18 bits per heavy atom. The molecule has 6 heteroatoms. The summed E-state index contributed by atoms with van der Waals surface area (Å²) in [6.07, 6.45) is 0.836. The lowest BCUT2D eigenvalue weighted by molar-refractivity contribution is 0.123. The monoisotopic (exact) mass is 288 g/mol. The second-order valence-electron chi connectivity index (χ2n) is 3.43. The van der Waals surface area contributed by atoms with Crippen LogP contribution in [0.2, 0.25) is 11.1 Å². The van der Waals surface area contributed by atoms with Crippen molar-refractivity contribution in [2.24, 2.45) is 0 Å². The number of halogens is 1. The third-order valence-corrected chi connectivity index (χ3v) is 5.51. The molecule has 1 rings (SSSR count). The van der Waals surface area contributed by atoms with Gasteiger partial charge in [-0.2, -0.15) is 0 Å². The van der Waals surface area contributed by atoms with E-state index in [9.17, 15) is 0 Å². The zero-order valence-corrected chi connectivity index (χ0v) is 13.1. The van der Waals surface area contributed by atoms with Gasteiger partial charge in [0.05, 0.1) is 0 Å². The summed E-state index contributed by atoms with van der Waals surface area (Å²) in [5.41, 5.74) is 1.16. The van der Waals surface area contributed by atoms with Crippen molar-refractivity contribution in [3.05, 3.63) is 34.9 Å². The fourth-order valence-electron chi connectivity index (χ4n) is 1.55. The quantitative estimate of drug-likeness (QED) is 0.752. The summed E-state index contributed by atoms with van der Waals surface area (Å²) < 4.78 is 16.0. The van der Waals surface area contributed by atoms with E-state index in [0.717, 1.165) is 23.1 Å². The highest BCUT2D eigenvalue weighted by atomic mass is 35.5. The van der Waals surface area contributed by atoms with Crippen molar-refractivity contribution in [2.45, 2.75) is 12.5 Å². The molecule has 0 unspecified atom stereocenters. The first-order valence-corrected chi connectivity index (χ1v) is 7.36. The van der Waals surface area contributed by atoms with Gasteiger partial charge in [0.2, 0.25) is 0 Å². The zero-order valence-electron chi connectivity index (χ0n) is 10.3. The third kappa shape index (κ3) is 4.91. The molecule has 0 aliphatic carbocycles. The number of rotatable bonds is 6. The van der Waals surface area contributed by atoms with Crippen LogP contribution in [0.1, 0.15) is 5.56 Å². The van der Waals surface area contributed by atoms with Crippen molar-refractivity contribution in [3.8, 4) is 0 Å². The highest BCUT2D eigenvalue weighted by molar-refractivity contribution is 6.60. The molecule has 0 amide bonds. The van der Waals surface area contributed by atoms with E-state index < -0.39 is 8.80 Å². The van der Waals surface area contributed by atoms with Crippen LogP contribution in [0.4, 0.5) is 0 Å². The first-order chi connectivity index (χ1) is 7.65. The van der Waals surface area contributed by atoms with Gasteiger partial charge in [0.1, 0.15) is 0 Å². The maximum absolute atomic E-state index is 5.91. The molecule has 0 bridgehead atoms. The Kier molecular flexibility index (Phi) is 7.94. The fourth-order valence-corrected chi connectivity index (χ4v) is 3.47. The predicted octanol–water partition coefficient (Wildman–Crippen LogP) is 2.38. The van der Waals surface area contributed by atoms with Crippen molar-refractivity contribution in [2.75, 3.05) is 21.3 Å². The summed E-state index contributed by atoms with van der Waals surface area (Å²) in [5.74, 6) is 0. The molecule has 0 aliphatic heterocycles. The van der Waals surface area contributed by atoms with Gasteiger partial charge in [0.25, 0.3) is 0 Å². The summed E-state index contributed by atoms with van der Waals surface area (Å²) in [5, 5.41) is 0.747. The van der Waals surface area contributed by atoms with Gasteiger partial charge in [-0.15, -0.1) is 0 Å². The molecule has 3 nitrogen and oxygen atoms in total. The Morgan fingerprint density at radius 2 is 1.71 bits per heavy atom. The van der Waals surface area contributed by atoms with Crippen LogP contribution in [-0.4, -0.2) is 41.1 Å².